The Kier molecular flexibility index (Phi) is 5.02. The van der Waals surface area contributed by atoms with Crippen LogP contribution in [0, 0.1) is 13.8 Å². The number of hydrogen-bond donors (Lipinski definition) is 0. The van der Waals surface area contributed by atoms with E-state index in [9.17, 15) is 4.79 Å². The van der Waals surface area contributed by atoms with Crippen molar-refractivity contribution >= 4 is 5.91 Å². The van der Waals surface area contributed by atoms with Gasteiger partial charge >= 0.3 is 0 Å². The Hall–Kier alpha value is -2.43. The van der Waals surface area contributed by atoms with Crippen LogP contribution >= 0.6 is 0 Å². The lowest BCUT2D eigenvalue weighted by Gasteiger charge is -2.34. The number of aromatic nitrogens is 1. The molecule has 5 nitrogen and oxygen atoms in total. The van der Waals surface area contributed by atoms with Crippen molar-refractivity contribution in [1.82, 2.24) is 9.47 Å². The number of aryl methyl sites for hydroxylation is 2. The molecule has 1 aromatic carbocycles. The molecule has 0 aliphatic carbocycles. The van der Waals surface area contributed by atoms with E-state index in [1.54, 1.807) is 26.4 Å². The lowest BCUT2D eigenvalue weighted by molar-refractivity contribution is 0.0686. The number of benzene rings is 1. The monoisotopic (exact) mass is 342 g/mol. The van der Waals surface area contributed by atoms with Gasteiger partial charge in [0.2, 0.25) is 0 Å². The minimum Gasteiger partial charge on any atom is -0.496 e. The van der Waals surface area contributed by atoms with Crippen LogP contribution in [0.4, 0.5) is 0 Å². The first kappa shape index (κ1) is 17.4. The minimum absolute atomic E-state index is 0.0197. The van der Waals surface area contributed by atoms with Gasteiger partial charge in [0.25, 0.3) is 5.91 Å². The first-order chi connectivity index (χ1) is 12.1. The van der Waals surface area contributed by atoms with Gasteiger partial charge in [-0.2, -0.15) is 0 Å². The van der Waals surface area contributed by atoms with Crippen molar-refractivity contribution in [2.45, 2.75) is 32.7 Å². The van der Waals surface area contributed by atoms with E-state index in [0.29, 0.717) is 23.1 Å². The van der Waals surface area contributed by atoms with Gasteiger partial charge in [0.15, 0.2) is 0 Å². The van der Waals surface area contributed by atoms with E-state index in [-0.39, 0.29) is 5.91 Å². The fourth-order valence-electron chi connectivity index (χ4n) is 3.80. The minimum atomic E-state index is -0.0197. The summed E-state index contributed by atoms with van der Waals surface area (Å²) >= 11 is 0. The van der Waals surface area contributed by atoms with Crippen molar-refractivity contribution < 1.29 is 14.3 Å². The van der Waals surface area contributed by atoms with E-state index in [1.807, 2.05) is 11.0 Å². The third kappa shape index (κ3) is 3.23. The molecule has 0 radical (unpaired) electrons. The molecule has 1 saturated heterocycles. The maximum atomic E-state index is 13.0. The topological polar surface area (TPSA) is 43.7 Å². The highest BCUT2D eigenvalue weighted by molar-refractivity contribution is 5.99. The average molecular weight is 342 g/mol. The summed E-state index contributed by atoms with van der Waals surface area (Å²) in [5.41, 5.74) is 3.08. The Morgan fingerprint density at radius 1 is 0.960 bits per heavy atom. The Labute approximate surface area is 149 Å². The molecule has 0 unspecified atom stereocenters. The number of likely N-dealkylation sites (tertiary alicyclic amines) is 1. The summed E-state index contributed by atoms with van der Waals surface area (Å²) in [4.78, 5) is 15.0. The number of carbonyl (C=O) groups excluding carboxylic acids is 1. The van der Waals surface area contributed by atoms with Gasteiger partial charge in [0, 0.05) is 30.5 Å². The third-order valence-electron chi connectivity index (χ3n) is 5.08. The van der Waals surface area contributed by atoms with E-state index in [0.717, 1.165) is 25.9 Å². The predicted molar refractivity (Wildman–Crippen MR) is 97.6 cm³/mol. The normalized spacial score (nSPS) is 15.3. The number of piperidine rings is 1. The van der Waals surface area contributed by atoms with Gasteiger partial charge in [-0.3, -0.25) is 4.79 Å². The summed E-state index contributed by atoms with van der Waals surface area (Å²) < 4.78 is 13.2. The van der Waals surface area contributed by atoms with Gasteiger partial charge in [-0.15, -0.1) is 0 Å². The number of carbonyl (C=O) groups is 1. The van der Waals surface area contributed by atoms with Gasteiger partial charge in [0.05, 0.1) is 14.2 Å². The third-order valence-corrected chi connectivity index (χ3v) is 5.08. The summed E-state index contributed by atoms with van der Waals surface area (Å²) in [5.74, 6) is 1.10. The summed E-state index contributed by atoms with van der Waals surface area (Å²) in [6.45, 7) is 5.76. The van der Waals surface area contributed by atoms with Crippen LogP contribution in [0.3, 0.4) is 0 Å². The fourth-order valence-corrected chi connectivity index (χ4v) is 3.80. The summed E-state index contributed by atoms with van der Waals surface area (Å²) in [5, 5.41) is 0. The van der Waals surface area contributed by atoms with E-state index in [2.05, 4.69) is 30.5 Å². The lowest BCUT2D eigenvalue weighted by atomic mass is 10.0. The highest BCUT2D eigenvalue weighted by atomic mass is 16.5. The number of amides is 1. The number of methoxy groups -OCH3 is 2. The lowest BCUT2D eigenvalue weighted by Crippen LogP contribution is -2.39. The second-order valence-corrected chi connectivity index (χ2v) is 6.55. The van der Waals surface area contributed by atoms with Gasteiger partial charge in [-0.25, -0.2) is 0 Å². The SMILES string of the molecule is COc1cccc(OC)c1C(=O)N1CCC(n2c(C)ccc2C)CC1. The Morgan fingerprint density at radius 3 is 1.96 bits per heavy atom. The summed E-state index contributed by atoms with van der Waals surface area (Å²) in [7, 11) is 3.16. The molecule has 134 valence electrons. The molecule has 1 aliphatic rings. The molecule has 1 aliphatic heterocycles. The number of rotatable bonds is 4. The molecule has 0 atom stereocenters. The Bertz CT molecular complexity index is 717. The average Bonchev–Trinajstić information content (AvgIpc) is 2.98. The van der Waals surface area contributed by atoms with Crippen molar-refractivity contribution in [2.24, 2.45) is 0 Å². The molecule has 2 aromatic rings. The molecule has 1 aromatic heterocycles. The molecule has 2 heterocycles. The van der Waals surface area contributed by atoms with Crippen LogP contribution in [0.2, 0.25) is 0 Å². The number of hydrogen-bond acceptors (Lipinski definition) is 3. The highest BCUT2D eigenvalue weighted by Crippen LogP contribution is 2.32. The molecule has 1 amide bonds. The van der Waals surface area contributed by atoms with Crippen molar-refractivity contribution in [2.75, 3.05) is 27.3 Å². The molecule has 0 N–H and O–H groups in total. The zero-order valence-corrected chi connectivity index (χ0v) is 15.4. The molecular formula is C20H26N2O3. The highest BCUT2D eigenvalue weighted by Gasteiger charge is 2.29. The maximum Gasteiger partial charge on any atom is 0.261 e. The molecule has 0 saturated carbocycles. The number of nitrogens with zero attached hydrogens (tertiary/aromatic N) is 2. The van der Waals surface area contributed by atoms with Crippen molar-refractivity contribution in [1.29, 1.82) is 0 Å². The second kappa shape index (κ2) is 7.21. The standard InChI is InChI=1S/C20H26N2O3/c1-14-8-9-15(2)22(14)16-10-12-21(13-11-16)20(23)19-17(24-3)6-5-7-18(19)25-4/h5-9,16H,10-13H2,1-4H3. The van der Waals surface area contributed by atoms with Crippen LogP contribution in [-0.2, 0) is 0 Å². The Morgan fingerprint density at radius 2 is 1.48 bits per heavy atom. The first-order valence-corrected chi connectivity index (χ1v) is 8.71. The quantitative estimate of drug-likeness (QED) is 0.853. The van der Waals surface area contributed by atoms with Crippen LogP contribution in [0.5, 0.6) is 11.5 Å². The van der Waals surface area contributed by atoms with Crippen LogP contribution in [0.1, 0.15) is 40.6 Å². The first-order valence-electron chi connectivity index (χ1n) is 8.71. The second-order valence-electron chi connectivity index (χ2n) is 6.55. The predicted octanol–water partition coefficient (Wildman–Crippen LogP) is 3.60. The molecule has 5 heteroatoms. The van der Waals surface area contributed by atoms with E-state index in [4.69, 9.17) is 9.47 Å². The molecule has 0 bridgehead atoms. The summed E-state index contributed by atoms with van der Waals surface area (Å²) in [6.07, 6.45) is 1.92. The van der Waals surface area contributed by atoms with Gasteiger partial charge in [0.1, 0.15) is 17.1 Å². The van der Waals surface area contributed by atoms with E-state index < -0.39 is 0 Å². The van der Waals surface area contributed by atoms with Crippen LogP contribution < -0.4 is 9.47 Å². The van der Waals surface area contributed by atoms with E-state index in [1.165, 1.54) is 11.4 Å². The van der Waals surface area contributed by atoms with Gasteiger partial charge < -0.3 is 18.9 Å². The maximum absolute atomic E-state index is 13.0. The molecule has 3 rings (SSSR count). The number of ether oxygens (including phenoxy) is 2. The van der Waals surface area contributed by atoms with Crippen LogP contribution in [-0.4, -0.2) is 42.7 Å². The largest absolute Gasteiger partial charge is 0.496 e. The van der Waals surface area contributed by atoms with Gasteiger partial charge in [-0.05, 0) is 51.0 Å². The Balaban J connectivity index is 1.77. The van der Waals surface area contributed by atoms with Crippen LogP contribution in [0.25, 0.3) is 0 Å². The molecule has 25 heavy (non-hydrogen) atoms. The summed E-state index contributed by atoms with van der Waals surface area (Å²) in [6, 6.07) is 10.2. The van der Waals surface area contributed by atoms with Crippen molar-refractivity contribution in [3.63, 3.8) is 0 Å². The zero-order valence-electron chi connectivity index (χ0n) is 15.4. The smallest absolute Gasteiger partial charge is 0.261 e. The van der Waals surface area contributed by atoms with E-state index >= 15 is 0 Å². The molecular weight excluding hydrogens is 316 g/mol. The molecule has 0 spiro atoms. The zero-order chi connectivity index (χ0) is 18.0. The fraction of sp³-hybridized carbons (Fsp3) is 0.450. The van der Waals surface area contributed by atoms with Crippen molar-refractivity contribution in [3.05, 3.63) is 47.3 Å². The van der Waals surface area contributed by atoms with Gasteiger partial charge in [-0.1, -0.05) is 6.07 Å². The van der Waals surface area contributed by atoms with Crippen LogP contribution in [0.15, 0.2) is 30.3 Å². The van der Waals surface area contributed by atoms with Crippen molar-refractivity contribution in [3.8, 4) is 11.5 Å². The molecule has 1 fully saturated rings.